The van der Waals surface area contributed by atoms with Crippen LogP contribution in [0, 0.1) is 6.92 Å². The lowest BCUT2D eigenvalue weighted by Gasteiger charge is -2.28. The first-order valence-electron chi connectivity index (χ1n) is 8.37. The van der Waals surface area contributed by atoms with Crippen LogP contribution >= 0.6 is 0 Å². The molecule has 1 aromatic carbocycles. The van der Waals surface area contributed by atoms with Gasteiger partial charge in [0.25, 0.3) is 5.91 Å². The Morgan fingerprint density at radius 3 is 2.63 bits per heavy atom. The van der Waals surface area contributed by atoms with E-state index in [2.05, 4.69) is 9.97 Å². The molecule has 8 nitrogen and oxygen atoms in total. The van der Waals surface area contributed by atoms with E-state index in [1.807, 2.05) is 0 Å². The van der Waals surface area contributed by atoms with E-state index in [1.165, 1.54) is 6.33 Å². The number of rotatable bonds is 7. The standard InChI is InChI=1S/C19H21N3O5/c1-11-15(18(20)25)16-13(27-11)3-4-14(17(16)19(2,8-23)9-24)26-7-12-5-6-21-10-22-12/h3-6,10,23-24H,7-9H2,1-2H3,(H2,20,25). The fourth-order valence-electron chi connectivity index (χ4n) is 3.07. The van der Waals surface area contributed by atoms with Crippen molar-refractivity contribution in [3.05, 3.63) is 53.3 Å². The highest BCUT2D eigenvalue weighted by molar-refractivity contribution is 6.08. The average molecular weight is 371 g/mol. The Hall–Kier alpha value is -2.97. The first-order chi connectivity index (χ1) is 12.9. The monoisotopic (exact) mass is 371 g/mol. The number of nitrogens with two attached hydrogens (primary N) is 1. The number of nitrogens with zero attached hydrogens (tertiary/aromatic N) is 2. The Morgan fingerprint density at radius 1 is 1.30 bits per heavy atom. The molecule has 27 heavy (non-hydrogen) atoms. The van der Waals surface area contributed by atoms with Crippen LogP contribution in [0.25, 0.3) is 11.0 Å². The van der Waals surface area contributed by atoms with Gasteiger partial charge in [-0.05, 0) is 25.1 Å². The largest absolute Gasteiger partial charge is 0.487 e. The van der Waals surface area contributed by atoms with Crippen LogP contribution in [-0.2, 0) is 12.0 Å². The quantitative estimate of drug-likeness (QED) is 0.573. The number of benzene rings is 1. The van der Waals surface area contributed by atoms with Crippen LogP contribution in [0.3, 0.4) is 0 Å². The second-order valence-corrected chi connectivity index (χ2v) is 6.58. The van der Waals surface area contributed by atoms with Gasteiger partial charge in [-0.2, -0.15) is 0 Å². The van der Waals surface area contributed by atoms with E-state index < -0.39 is 11.3 Å². The number of aliphatic hydroxyl groups excluding tert-OH is 2. The fraction of sp³-hybridized carbons (Fsp3) is 0.316. The maximum Gasteiger partial charge on any atom is 0.252 e. The van der Waals surface area contributed by atoms with Crippen LogP contribution in [0.4, 0.5) is 0 Å². The van der Waals surface area contributed by atoms with Crippen molar-refractivity contribution in [3.8, 4) is 5.75 Å². The van der Waals surface area contributed by atoms with Crippen LogP contribution in [0.5, 0.6) is 5.75 Å². The molecule has 0 aliphatic heterocycles. The second-order valence-electron chi connectivity index (χ2n) is 6.58. The van der Waals surface area contributed by atoms with E-state index >= 15 is 0 Å². The van der Waals surface area contributed by atoms with Gasteiger partial charge < -0.3 is 25.1 Å². The molecule has 0 aliphatic carbocycles. The molecule has 0 bridgehead atoms. The summed E-state index contributed by atoms with van der Waals surface area (Å²) in [4.78, 5) is 20.0. The number of primary amides is 1. The molecule has 0 saturated carbocycles. The van der Waals surface area contributed by atoms with Crippen LogP contribution in [0.15, 0.2) is 35.1 Å². The lowest BCUT2D eigenvalue weighted by atomic mass is 9.80. The number of hydrogen-bond acceptors (Lipinski definition) is 7. The minimum absolute atomic E-state index is 0.150. The Morgan fingerprint density at radius 2 is 2.04 bits per heavy atom. The SMILES string of the molecule is Cc1oc2ccc(OCc3ccncn3)c(C(C)(CO)CO)c2c1C(N)=O. The summed E-state index contributed by atoms with van der Waals surface area (Å²) in [7, 11) is 0. The Bertz CT molecular complexity index is 964. The number of hydrogen-bond donors (Lipinski definition) is 3. The molecule has 0 fully saturated rings. The van der Waals surface area contributed by atoms with Crippen molar-refractivity contribution in [2.24, 2.45) is 5.73 Å². The first-order valence-corrected chi connectivity index (χ1v) is 8.37. The minimum Gasteiger partial charge on any atom is -0.487 e. The zero-order chi connectivity index (χ0) is 19.6. The Kier molecular flexibility index (Phi) is 5.11. The van der Waals surface area contributed by atoms with E-state index in [0.717, 1.165) is 0 Å². The molecular formula is C19H21N3O5. The van der Waals surface area contributed by atoms with Gasteiger partial charge in [0.2, 0.25) is 0 Å². The van der Waals surface area contributed by atoms with E-state index in [0.29, 0.717) is 33.7 Å². The van der Waals surface area contributed by atoms with Crippen molar-refractivity contribution < 1.29 is 24.2 Å². The molecule has 4 N–H and O–H groups in total. The summed E-state index contributed by atoms with van der Waals surface area (Å²) in [6.45, 7) is 2.73. The fourth-order valence-corrected chi connectivity index (χ4v) is 3.07. The average Bonchev–Trinajstić information content (AvgIpc) is 3.02. The lowest BCUT2D eigenvalue weighted by molar-refractivity contribution is 0.0999. The summed E-state index contributed by atoms with van der Waals surface area (Å²) < 4.78 is 11.6. The van der Waals surface area contributed by atoms with Crippen LogP contribution in [0.2, 0.25) is 0 Å². The van der Waals surface area contributed by atoms with Gasteiger partial charge in [0.15, 0.2) is 0 Å². The van der Waals surface area contributed by atoms with Crippen molar-refractivity contribution in [2.75, 3.05) is 13.2 Å². The van der Waals surface area contributed by atoms with Crippen molar-refractivity contribution in [1.29, 1.82) is 0 Å². The molecule has 3 aromatic rings. The molecule has 142 valence electrons. The topological polar surface area (TPSA) is 132 Å². The number of furan rings is 1. The highest BCUT2D eigenvalue weighted by Crippen LogP contribution is 2.41. The number of aromatic nitrogens is 2. The van der Waals surface area contributed by atoms with Gasteiger partial charge in [-0.1, -0.05) is 6.92 Å². The zero-order valence-corrected chi connectivity index (χ0v) is 15.1. The third kappa shape index (κ3) is 3.36. The number of amides is 1. The van der Waals surface area contributed by atoms with Gasteiger partial charge in [0.05, 0.1) is 24.5 Å². The Labute approximate surface area is 155 Å². The van der Waals surface area contributed by atoms with Crippen molar-refractivity contribution in [2.45, 2.75) is 25.9 Å². The number of fused-ring (bicyclic) bond motifs is 1. The molecular weight excluding hydrogens is 350 g/mol. The maximum absolute atomic E-state index is 12.0. The molecule has 2 heterocycles. The molecule has 0 unspecified atom stereocenters. The van der Waals surface area contributed by atoms with Crippen molar-refractivity contribution >= 4 is 16.9 Å². The van der Waals surface area contributed by atoms with Crippen LogP contribution in [0.1, 0.15) is 34.3 Å². The van der Waals surface area contributed by atoms with E-state index in [4.69, 9.17) is 14.9 Å². The number of carbonyl (C=O) groups excluding carboxylic acids is 1. The van der Waals surface area contributed by atoms with Gasteiger partial charge in [-0.3, -0.25) is 4.79 Å². The Balaban J connectivity index is 2.20. The van der Waals surface area contributed by atoms with Gasteiger partial charge in [0, 0.05) is 22.6 Å². The minimum atomic E-state index is -1.08. The van der Waals surface area contributed by atoms with Gasteiger partial charge in [-0.15, -0.1) is 0 Å². The summed E-state index contributed by atoms with van der Waals surface area (Å²) >= 11 is 0. The summed E-state index contributed by atoms with van der Waals surface area (Å²) in [6, 6.07) is 5.06. The highest BCUT2D eigenvalue weighted by Gasteiger charge is 2.34. The third-order valence-electron chi connectivity index (χ3n) is 4.56. The van der Waals surface area contributed by atoms with E-state index in [9.17, 15) is 15.0 Å². The predicted molar refractivity (Wildman–Crippen MR) is 97.4 cm³/mol. The molecule has 0 saturated heterocycles. The van der Waals surface area contributed by atoms with Crippen molar-refractivity contribution in [1.82, 2.24) is 9.97 Å². The molecule has 0 aliphatic rings. The van der Waals surface area contributed by atoms with E-state index in [-0.39, 0.29) is 25.4 Å². The van der Waals surface area contributed by atoms with Crippen LogP contribution < -0.4 is 10.5 Å². The molecule has 0 atom stereocenters. The van der Waals surface area contributed by atoms with Crippen molar-refractivity contribution in [3.63, 3.8) is 0 Å². The van der Waals surface area contributed by atoms with E-state index in [1.54, 1.807) is 38.2 Å². The van der Waals surface area contributed by atoms with Gasteiger partial charge in [0.1, 0.15) is 30.0 Å². The predicted octanol–water partition coefficient (Wildman–Crippen LogP) is 1.45. The normalized spacial score (nSPS) is 11.7. The third-order valence-corrected chi connectivity index (χ3v) is 4.56. The van der Waals surface area contributed by atoms with Gasteiger partial charge >= 0.3 is 0 Å². The lowest BCUT2D eigenvalue weighted by Crippen LogP contribution is -2.32. The molecule has 0 radical (unpaired) electrons. The molecule has 3 rings (SSSR count). The number of aryl methyl sites for hydroxylation is 1. The number of carbonyl (C=O) groups is 1. The first kappa shape index (κ1) is 18.8. The summed E-state index contributed by atoms with van der Waals surface area (Å²) in [6.07, 6.45) is 3.02. The summed E-state index contributed by atoms with van der Waals surface area (Å²) in [5.41, 5.74) is 6.23. The zero-order valence-electron chi connectivity index (χ0n) is 15.1. The smallest absolute Gasteiger partial charge is 0.252 e. The second kappa shape index (κ2) is 7.34. The number of ether oxygens (including phenoxy) is 1. The molecule has 1 amide bonds. The molecule has 0 spiro atoms. The summed E-state index contributed by atoms with van der Waals surface area (Å²) in [5, 5.41) is 20.4. The number of aliphatic hydroxyl groups is 2. The maximum atomic E-state index is 12.0. The van der Waals surface area contributed by atoms with Gasteiger partial charge in [-0.25, -0.2) is 9.97 Å². The summed E-state index contributed by atoms with van der Waals surface area (Å²) in [5.74, 6) is 0.110. The molecule has 8 heteroatoms. The molecule has 2 aromatic heterocycles. The van der Waals surface area contributed by atoms with Crippen LogP contribution in [-0.4, -0.2) is 39.3 Å². The highest BCUT2D eigenvalue weighted by atomic mass is 16.5.